The number of halogens is 1. The second-order valence-corrected chi connectivity index (χ2v) is 5.33. The summed E-state index contributed by atoms with van der Waals surface area (Å²) in [6, 6.07) is 17.1. The second-order valence-electron chi connectivity index (χ2n) is 5.33. The molecule has 0 unspecified atom stereocenters. The number of anilines is 3. The average molecular weight is 321 g/mol. The first kappa shape index (κ1) is 15.7. The van der Waals surface area contributed by atoms with Gasteiger partial charge in [0.1, 0.15) is 11.6 Å². The fourth-order valence-electron chi connectivity index (χ4n) is 2.30. The Morgan fingerprint density at radius 2 is 1.88 bits per heavy atom. The fraction of sp³-hybridized carbons (Fsp3) is 0.0526. The Balaban J connectivity index is 1.86. The van der Waals surface area contributed by atoms with Gasteiger partial charge in [-0.3, -0.25) is 4.79 Å². The molecule has 5 heteroatoms. The predicted molar refractivity (Wildman–Crippen MR) is 93.1 cm³/mol. The van der Waals surface area contributed by atoms with Gasteiger partial charge in [0.25, 0.3) is 5.91 Å². The SMILES string of the molecule is Cc1cccc(Nc2ncccc2C(=O)Nc2ccccc2F)c1. The molecule has 2 N–H and O–H groups in total. The predicted octanol–water partition coefficient (Wildman–Crippen LogP) is 4.53. The van der Waals surface area contributed by atoms with Crippen LogP contribution in [-0.2, 0) is 0 Å². The lowest BCUT2D eigenvalue weighted by atomic mass is 10.2. The highest BCUT2D eigenvalue weighted by Crippen LogP contribution is 2.21. The van der Waals surface area contributed by atoms with Crippen molar-refractivity contribution in [3.8, 4) is 0 Å². The third-order valence-corrected chi connectivity index (χ3v) is 3.46. The van der Waals surface area contributed by atoms with Crippen LogP contribution in [0.4, 0.5) is 21.6 Å². The van der Waals surface area contributed by atoms with Crippen LogP contribution in [0, 0.1) is 12.7 Å². The van der Waals surface area contributed by atoms with Gasteiger partial charge < -0.3 is 10.6 Å². The summed E-state index contributed by atoms with van der Waals surface area (Å²) in [5.74, 6) is -0.497. The van der Waals surface area contributed by atoms with E-state index in [1.807, 2.05) is 31.2 Å². The maximum absolute atomic E-state index is 13.7. The first-order valence-corrected chi connectivity index (χ1v) is 7.48. The van der Waals surface area contributed by atoms with Gasteiger partial charge in [-0.1, -0.05) is 24.3 Å². The minimum absolute atomic E-state index is 0.132. The van der Waals surface area contributed by atoms with Crippen molar-refractivity contribution in [1.82, 2.24) is 4.98 Å². The van der Waals surface area contributed by atoms with E-state index in [2.05, 4.69) is 15.6 Å². The van der Waals surface area contributed by atoms with Crippen LogP contribution in [0.25, 0.3) is 0 Å². The van der Waals surface area contributed by atoms with Crippen LogP contribution < -0.4 is 10.6 Å². The highest BCUT2D eigenvalue weighted by Gasteiger charge is 2.14. The zero-order chi connectivity index (χ0) is 16.9. The summed E-state index contributed by atoms with van der Waals surface area (Å²) in [5, 5.41) is 5.70. The summed E-state index contributed by atoms with van der Waals surface area (Å²) >= 11 is 0. The van der Waals surface area contributed by atoms with E-state index in [0.29, 0.717) is 11.4 Å². The van der Waals surface area contributed by atoms with Crippen LogP contribution in [0.15, 0.2) is 66.9 Å². The molecule has 1 heterocycles. The molecule has 0 saturated heterocycles. The topological polar surface area (TPSA) is 54.0 Å². The lowest BCUT2D eigenvalue weighted by molar-refractivity contribution is 0.102. The van der Waals surface area contributed by atoms with E-state index in [0.717, 1.165) is 11.3 Å². The Morgan fingerprint density at radius 3 is 2.67 bits per heavy atom. The maximum Gasteiger partial charge on any atom is 0.259 e. The smallest absolute Gasteiger partial charge is 0.259 e. The number of amides is 1. The minimum atomic E-state index is -0.483. The average Bonchev–Trinajstić information content (AvgIpc) is 2.57. The molecule has 1 aromatic heterocycles. The molecule has 2 aromatic carbocycles. The standard InChI is InChI=1S/C19H16FN3O/c1-13-6-4-7-14(12-13)22-18-15(8-5-11-21-18)19(24)23-17-10-3-2-9-16(17)20/h2-12H,1H3,(H,21,22)(H,23,24). The molecule has 120 valence electrons. The van der Waals surface area contributed by atoms with Crippen LogP contribution in [-0.4, -0.2) is 10.9 Å². The van der Waals surface area contributed by atoms with Gasteiger partial charge >= 0.3 is 0 Å². The number of para-hydroxylation sites is 1. The van der Waals surface area contributed by atoms with E-state index < -0.39 is 11.7 Å². The molecule has 0 bridgehead atoms. The van der Waals surface area contributed by atoms with Crippen LogP contribution >= 0.6 is 0 Å². The third-order valence-electron chi connectivity index (χ3n) is 3.46. The molecule has 0 saturated carbocycles. The number of benzene rings is 2. The van der Waals surface area contributed by atoms with Gasteiger partial charge in [-0.05, 0) is 48.9 Å². The molecule has 3 rings (SSSR count). The first-order valence-electron chi connectivity index (χ1n) is 7.48. The van der Waals surface area contributed by atoms with Gasteiger partial charge in [0.15, 0.2) is 0 Å². The zero-order valence-corrected chi connectivity index (χ0v) is 13.1. The van der Waals surface area contributed by atoms with Gasteiger partial charge in [-0.15, -0.1) is 0 Å². The monoisotopic (exact) mass is 321 g/mol. The zero-order valence-electron chi connectivity index (χ0n) is 13.1. The lowest BCUT2D eigenvalue weighted by Gasteiger charge is -2.12. The number of carbonyl (C=O) groups excluding carboxylic acids is 1. The molecule has 3 aromatic rings. The van der Waals surface area contributed by atoms with Gasteiger partial charge in [0.2, 0.25) is 0 Å². The Bertz CT molecular complexity index is 880. The van der Waals surface area contributed by atoms with Crippen molar-refractivity contribution in [3.63, 3.8) is 0 Å². The summed E-state index contributed by atoms with van der Waals surface area (Å²) in [5.41, 5.74) is 2.39. The minimum Gasteiger partial charge on any atom is -0.340 e. The second kappa shape index (κ2) is 6.91. The number of nitrogens with zero attached hydrogens (tertiary/aromatic N) is 1. The van der Waals surface area contributed by atoms with Crippen LogP contribution in [0.1, 0.15) is 15.9 Å². The normalized spacial score (nSPS) is 10.2. The van der Waals surface area contributed by atoms with E-state index in [-0.39, 0.29) is 5.69 Å². The molecule has 0 radical (unpaired) electrons. The molecule has 4 nitrogen and oxygen atoms in total. The van der Waals surface area contributed by atoms with E-state index >= 15 is 0 Å². The summed E-state index contributed by atoms with van der Waals surface area (Å²) < 4.78 is 13.7. The van der Waals surface area contributed by atoms with Crippen molar-refractivity contribution in [2.24, 2.45) is 0 Å². The number of carbonyl (C=O) groups is 1. The lowest BCUT2D eigenvalue weighted by Crippen LogP contribution is -2.15. The molecule has 0 aliphatic rings. The van der Waals surface area contributed by atoms with Crippen molar-refractivity contribution >= 4 is 23.1 Å². The number of rotatable bonds is 4. The van der Waals surface area contributed by atoms with Crippen molar-refractivity contribution in [2.45, 2.75) is 6.92 Å². The summed E-state index contributed by atoms with van der Waals surface area (Å²) in [4.78, 5) is 16.7. The van der Waals surface area contributed by atoms with Gasteiger partial charge in [0, 0.05) is 11.9 Å². The summed E-state index contributed by atoms with van der Waals surface area (Å²) in [6.07, 6.45) is 1.60. The molecule has 0 aliphatic heterocycles. The largest absolute Gasteiger partial charge is 0.340 e. The molecular weight excluding hydrogens is 305 g/mol. The van der Waals surface area contributed by atoms with Gasteiger partial charge in [-0.25, -0.2) is 9.37 Å². The molecule has 0 fully saturated rings. The number of aromatic nitrogens is 1. The third kappa shape index (κ3) is 3.57. The fourth-order valence-corrected chi connectivity index (χ4v) is 2.30. The number of hydrogen-bond donors (Lipinski definition) is 2. The van der Waals surface area contributed by atoms with Gasteiger partial charge in [0.05, 0.1) is 11.3 Å². The molecule has 0 aliphatic carbocycles. The van der Waals surface area contributed by atoms with Crippen molar-refractivity contribution in [3.05, 3.63) is 83.8 Å². The number of pyridine rings is 1. The van der Waals surface area contributed by atoms with Gasteiger partial charge in [-0.2, -0.15) is 0 Å². The molecular formula is C19H16FN3O. The van der Waals surface area contributed by atoms with Crippen molar-refractivity contribution in [2.75, 3.05) is 10.6 Å². The summed E-state index contributed by atoms with van der Waals surface area (Å²) in [7, 11) is 0. The molecule has 1 amide bonds. The number of nitrogens with one attached hydrogen (secondary N) is 2. The molecule has 0 atom stereocenters. The van der Waals surface area contributed by atoms with Crippen LogP contribution in [0.2, 0.25) is 0 Å². The van der Waals surface area contributed by atoms with E-state index in [9.17, 15) is 9.18 Å². The Kier molecular flexibility index (Phi) is 4.52. The quantitative estimate of drug-likeness (QED) is 0.742. The maximum atomic E-state index is 13.7. The Morgan fingerprint density at radius 1 is 1.04 bits per heavy atom. The van der Waals surface area contributed by atoms with E-state index in [4.69, 9.17) is 0 Å². The molecule has 24 heavy (non-hydrogen) atoms. The highest BCUT2D eigenvalue weighted by atomic mass is 19.1. The number of hydrogen-bond acceptors (Lipinski definition) is 3. The Labute approximate surface area is 139 Å². The Hall–Kier alpha value is -3.21. The molecule has 0 spiro atoms. The van der Waals surface area contributed by atoms with Crippen molar-refractivity contribution < 1.29 is 9.18 Å². The van der Waals surface area contributed by atoms with E-state index in [1.54, 1.807) is 30.5 Å². The van der Waals surface area contributed by atoms with E-state index in [1.165, 1.54) is 12.1 Å². The first-order chi connectivity index (χ1) is 11.6. The number of aryl methyl sites for hydroxylation is 1. The van der Waals surface area contributed by atoms with Crippen molar-refractivity contribution in [1.29, 1.82) is 0 Å². The highest BCUT2D eigenvalue weighted by molar-refractivity contribution is 6.07. The summed E-state index contributed by atoms with van der Waals surface area (Å²) in [6.45, 7) is 1.98. The van der Waals surface area contributed by atoms with Crippen LogP contribution in [0.3, 0.4) is 0 Å². The van der Waals surface area contributed by atoms with Crippen LogP contribution in [0.5, 0.6) is 0 Å².